The van der Waals surface area contributed by atoms with Crippen LogP contribution in [-0.2, 0) is 33.6 Å². The van der Waals surface area contributed by atoms with E-state index in [-0.39, 0.29) is 35.9 Å². The number of hydrogen-bond donors (Lipinski definition) is 7. The van der Waals surface area contributed by atoms with Gasteiger partial charge in [0.05, 0.1) is 17.5 Å². The SMILES string of the molecule is Nc1nc(N)c2c(CCc3ccc(C(=O)N[C@@H](CCC(=O)Nc4nc(CC(=O)O)cs4)C(=O)O)cc3)c[nH]c2n1. The number of carbonyl (C=O) groups is 4. The Morgan fingerprint density at radius 2 is 1.77 bits per heavy atom. The van der Waals surface area contributed by atoms with Gasteiger partial charge in [0.2, 0.25) is 11.9 Å². The summed E-state index contributed by atoms with van der Waals surface area (Å²) in [5.74, 6) is -3.03. The Bertz CT molecular complexity index is 1570. The fourth-order valence-corrected chi connectivity index (χ4v) is 4.73. The average molecular weight is 567 g/mol. The van der Waals surface area contributed by atoms with Gasteiger partial charge in [0.15, 0.2) is 5.13 Å². The summed E-state index contributed by atoms with van der Waals surface area (Å²) in [5.41, 5.74) is 14.6. The number of nitrogen functional groups attached to an aromatic ring is 2. The second-order valence-electron chi connectivity index (χ2n) is 8.87. The van der Waals surface area contributed by atoms with Crippen LogP contribution in [0.15, 0.2) is 35.8 Å². The van der Waals surface area contributed by atoms with E-state index in [4.69, 9.17) is 16.6 Å². The third-order valence-electron chi connectivity index (χ3n) is 5.95. The molecule has 1 atom stereocenters. The van der Waals surface area contributed by atoms with Gasteiger partial charge < -0.3 is 37.3 Å². The summed E-state index contributed by atoms with van der Waals surface area (Å²) in [6.45, 7) is 0. The number of benzene rings is 1. The summed E-state index contributed by atoms with van der Waals surface area (Å²) in [4.78, 5) is 62.5. The van der Waals surface area contributed by atoms with Gasteiger partial charge in [0.25, 0.3) is 5.91 Å². The molecule has 0 unspecified atom stereocenters. The van der Waals surface area contributed by atoms with Crippen LogP contribution in [0, 0.1) is 0 Å². The van der Waals surface area contributed by atoms with E-state index in [0.29, 0.717) is 35.4 Å². The lowest BCUT2D eigenvalue weighted by atomic mass is 10.0. The number of aliphatic carboxylic acids is 2. The van der Waals surface area contributed by atoms with Gasteiger partial charge in [-0.1, -0.05) is 12.1 Å². The van der Waals surface area contributed by atoms with Crippen LogP contribution >= 0.6 is 11.3 Å². The Kier molecular flexibility index (Phi) is 8.54. The van der Waals surface area contributed by atoms with E-state index in [1.165, 1.54) is 5.38 Å². The standard InChI is InChI=1S/C25H26N8O6S/c26-20-19-14(10-28-21(19)33-24(27)32-20)6-3-12-1-4-13(5-2-12)22(37)30-16(23(38)39)7-8-17(34)31-25-29-15(11-40-25)9-18(35)36/h1-2,4-5,10-11,16H,3,6-9H2,(H,30,37)(H,35,36)(H,38,39)(H,29,31,34)(H5,26,27,28,32,33)/t16-/m0/s1. The highest BCUT2D eigenvalue weighted by Crippen LogP contribution is 2.24. The number of aromatic nitrogens is 4. The average Bonchev–Trinajstić information content (AvgIpc) is 3.51. The number of aromatic amines is 1. The minimum absolute atomic E-state index is 0.0874. The number of carboxylic acids is 2. The van der Waals surface area contributed by atoms with E-state index in [1.54, 1.807) is 30.5 Å². The first-order chi connectivity index (χ1) is 19.1. The van der Waals surface area contributed by atoms with Crippen molar-refractivity contribution in [3.8, 4) is 0 Å². The maximum Gasteiger partial charge on any atom is 0.326 e. The molecule has 0 bridgehead atoms. The quantitative estimate of drug-likeness (QED) is 0.130. The number of nitrogens with two attached hydrogens (primary N) is 2. The van der Waals surface area contributed by atoms with E-state index in [9.17, 15) is 24.3 Å². The van der Waals surface area contributed by atoms with Crippen LogP contribution in [0.1, 0.15) is 40.0 Å². The van der Waals surface area contributed by atoms with E-state index >= 15 is 0 Å². The molecule has 0 fully saturated rings. The molecule has 0 spiro atoms. The van der Waals surface area contributed by atoms with Gasteiger partial charge in [-0.2, -0.15) is 9.97 Å². The molecule has 0 aliphatic heterocycles. The van der Waals surface area contributed by atoms with Gasteiger partial charge in [-0.25, -0.2) is 9.78 Å². The number of rotatable bonds is 12. The number of H-pyrrole nitrogens is 1. The monoisotopic (exact) mass is 566 g/mol. The van der Waals surface area contributed by atoms with Crippen LogP contribution in [-0.4, -0.2) is 59.9 Å². The highest BCUT2D eigenvalue weighted by Gasteiger charge is 2.22. The molecule has 3 heterocycles. The van der Waals surface area contributed by atoms with Crippen molar-refractivity contribution in [3.05, 3.63) is 58.2 Å². The molecule has 15 heteroatoms. The lowest BCUT2D eigenvalue weighted by Gasteiger charge is -2.14. The van der Waals surface area contributed by atoms with Gasteiger partial charge in [-0.05, 0) is 42.5 Å². The van der Waals surface area contributed by atoms with Gasteiger partial charge in [0, 0.05) is 23.6 Å². The first kappa shape index (κ1) is 28.0. The zero-order valence-corrected chi connectivity index (χ0v) is 21.8. The van der Waals surface area contributed by atoms with Crippen molar-refractivity contribution < 1.29 is 29.4 Å². The summed E-state index contributed by atoms with van der Waals surface area (Å²) in [6, 6.07) is 5.46. The van der Waals surface area contributed by atoms with Crippen molar-refractivity contribution in [2.45, 2.75) is 38.1 Å². The van der Waals surface area contributed by atoms with Crippen LogP contribution in [0.3, 0.4) is 0 Å². The third kappa shape index (κ3) is 7.08. The summed E-state index contributed by atoms with van der Waals surface area (Å²) in [5, 5.41) is 25.7. The number of nitrogens with zero attached hydrogens (tertiary/aromatic N) is 3. The number of aryl methyl sites for hydroxylation is 2. The Morgan fingerprint density at radius 3 is 2.48 bits per heavy atom. The molecule has 0 saturated carbocycles. The van der Waals surface area contributed by atoms with Crippen molar-refractivity contribution in [2.75, 3.05) is 16.8 Å². The smallest absolute Gasteiger partial charge is 0.326 e. The minimum Gasteiger partial charge on any atom is -0.481 e. The zero-order chi connectivity index (χ0) is 28.8. The molecule has 9 N–H and O–H groups in total. The minimum atomic E-state index is -1.29. The number of fused-ring (bicyclic) bond motifs is 1. The van der Waals surface area contributed by atoms with Gasteiger partial charge >= 0.3 is 11.9 Å². The highest BCUT2D eigenvalue weighted by molar-refractivity contribution is 7.13. The summed E-state index contributed by atoms with van der Waals surface area (Å²) < 4.78 is 0. The maximum absolute atomic E-state index is 12.7. The molecule has 1 aromatic carbocycles. The van der Waals surface area contributed by atoms with Gasteiger partial charge in [-0.15, -0.1) is 11.3 Å². The number of carbonyl (C=O) groups excluding carboxylic acids is 2. The van der Waals surface area contributed by atoms with E-state index < -0.39 is 29.8 Å². The van der Waals surface area contributed by atoms with E-state index in [2.05, 4.69) is 30.6 Å². The largest absolute Gasteiger partial charge is 0.481 e. The molecule has 0 saturated heterocycles. The first-order valence-electron chi connectivity index (χ1n) is 12.1. The Morgan fingerprint density at radius 1 is 1.02 bits per heavy atom. The molecule has 0 aliphatic rings. The van der Waals surface area contributed by atoms with Crippen LogP contribution in [0.5, 0.6) is 0 Å². The predicted molar refractivity (Wildman–Crippen MR) is 147 cm³/mol. The normalized spacial score (nSPS) is 11.7. The van der Waals surface area contributed by atoms with Crippen LogP contribution in [0.4, 0.5) is 16.9 Å². The van der Waals surface area contributed by atoms with Crippen molar-refractivity contribution >= 4 is 63.0 Å². The zero-order valence-electron chi connectivity index (χ0n) is 21.0. The number of carboxylic acid groups (broad SMARTS) is 2. The fraction of sp³-hybridized carbons (Fsp3) is 0.240. The molecule has 4 rings (SSSR count). The van der Waals surface area contributed by atoms with Crippen LogP contribution < -0.4 is 22.1 Å². The third-order valence-corrected chi connectivity index (χ3v) is 6.76. The van der Waals surface area contributed by atoms with Gasteiger partial charge in [-0.3, -0.25) is 14.4 Å². The lowest BCUT2D eigenvalue weighted by Crippen LogP contribution is -2.41. The predicted octanol–water partition coefficient (Wildman–Crippen LogP) is 1.59. The summed E-state index contributed by atoms with van der Waals surface area (Å²) >= 11 is 1.06. The van der Waals surface area contributed by atoms with E-state index in [0.717, 1.165) is 22.5 Å². The van der Waals surface area contributed by atoms with E-state index in [1.807, 2.05) is 0 Å². The topological polar surface area (TPSA) is 239 Å². The Balaban J connectivity index is 1.29. The summed E-state index contributed by atoms with van der Waals surface area (Å²) in [7, 11) is 0. The van der Waals surface area contributed by atoms with Crippen LogP contribution in [0.2, 0.25) is 0 Å². The van der Waals surface area contributed by atoms with Gasteiger partial charge in [0.1, 0.15) is 17.5 Å². The van der Waals surface area contributed by atoms with Crippen molar-refractivity contribution in [2.24, 2.45) is 0 Å². The molecule has 2 amide bonds. The first-order valence-corrected chi connectivity index (χ1v) is 12.9. The number of hydrogen-bond acceptors (Lipinski definition) is 10. The molecule has 208 valence electrons. The lowest BCUT2D eigenvalue weighted by molar-refractivity contribution is -0.139. The number of thiazole rings is 1. The molecule has 0 radical (unpaired) electrons. The molecule has 0 aliphatic carbocycles. The number of amides is 2. The van der Waals surface area contributed by atoms with Crippen LogP contribution in [0.25, 0.3) is 11.0 Å². The fourth-order valence-electron chi connectivity index (χ4n) is 4.00. The number of nitrogens with one attached hydrogen (secondary N) is 3. The molecular weight excluding hydrogens is 540 g/mol. The maximum atomic E-state index is 12.7. The number of anilines is 3. The molecule has 4 aromatic rings. The second kappa shape index (κ2) is 12.2. The molecule has 40 heavy (non-hydrogen) atoms. The molecule has 14 nitrogen and oxygen atoms in total. The molecule has 3 aromatic heterocycles. The van der Waals surface area contributed by atoms with Crippen molar-refractivity contribution in [1.29, 1.82) is 0 Å². The Hall–Kier alpha value is -5.05. The van der Waals surface area contributed by atoms with Crippen molar-refractivity contribution in [1.82, 2.24) is 25.3 Å². The summed E-state index contributed by atoms with van der Waals surface area (Å²) in [6.07, 6.45) is 2.46. The second-order valence-corrected chi connectivity index (χ2v) is 9.73. The van der Waals surface area contributed by atoms with Crippen molar-refractivity contribution in [3.63, 3.8) is 0 Å². The Labute approximate surface area is 230 Å². The highest BCUT2D eigenvalue weighted by atomic mass is 32.1. The molecular formula is C25H26N8O6S.